The van der Waals surface area contributed by atoms with E-state index < -0.39 is 0 Å². The summed E-state index contributed by atoms with van der Waals surface area (Å²) in [4.78, 5) is 19.0. The molecule has 0 bridgehead atoms. The minimum Gasteiger partial charge on any atom is -0.355 e. The maximum atomic E-state index is 11.8. The van der Waals surface area contributed by atoms with E-state index in [1.165, 1.54) is 0 Å². The summed E-state index contributed by atoms with van der Waals surface area (Å²) >= 11 is 0. The van der Waals surface area contributed by atoms with Crippen molar-refractivity contribution in [2.45, 2.75) is 13.3 Å². The lowest BCUT2D eigenvalue weighted by Crippen LogP contribution is -2.32. The van der Waals surface area contributed by atoms with Crippen LogP contribution in [0.25, 0.3) is 11.0 Å². The topological polar surface area (TPSA) is 83.8 Å². The number of amides is 1. The Labute approximate surface area is 118 Å². The smallest absolute Gasteiger partial charge is 0.224 e. The Kier molecular flexibility index (Phi) is 5.79. The van der Waals surface area contributed by atoms with Crippen LogP contribution in [0.3, 0.4) is 0 Å². The molecule has 0 radical (unpaired) electrons. The summed E-state index contributed by atoms with van der Waals surface area (Å²) < 4.78 is 0. The summed E-state index contributed by atoms with van der Waals surface area (Å²) in [5, 5.41) is 3.88. The minimum atomic E-state index is 0. The molecular weight excluding hydrogens is 264 g/mol. The van der Waals surface area contributed by atoms with Crippen LogP contribution in [0, 0.1) is 5.92 Å². The van der Waals surface area contributed by atoms with Gasteiger partial charge in [0.15, 0.2) is 0 Å². The summed E-state index contributed by atoms with van der Waals surface area (Å²) in [6.45, 7) is 3.21. The number of aromatic nitrogens is 2. The maximum Gasteiger partial charge on any atom is 0.224 e. The first kappa shape index (κ1) is 15.5. The van der Waals surface area contributed by atoms with E-state index in [0.717, 1.165) is 16.6 Å². The molecule has 19 heavy (non-hydrogen) atoms. The van der Waals surface area contributed by atoms with Crippen molar-refractivity contribution in [2.24, 2.45) is 11.7 Å². The molecule has 5 nitrogen and oxygen atoms in total. The van der Waals surface area contributed by atoms with Gasteiger partial charge in [-0.1, -0.05) is 6.92 Å². The van der Waals surface area contributed by atoms with E-state index >= 15 is 0 Å². The van der Waals surface area contributed by atoms with Crippen LogP contribution in [-0.2, 0) is 11.2 Å². The molecule has 0 aliphatic rings. The number of carbonyl (C=O) groups excluding carboxylic acids is 1. The number of pyridine rings is 1. The Hall–Kier alpha value is -1.59. The van der Waals surface area contributed by atoms with Crippen molar-refractivity contribution in [3.63, 3.8) is 0 Å². The molecule has 4 N–H and O–H groups in total. The summed E-state index contributed by atoms with van der Waals surface area (Å²) in [6, 6.07) is 3.83. The molecule has 0 fully saturated rings. The zero-order valence-electron chi connectivity index (χ0n) is 10.8. The lowest BCUT2D eigenvalue weighted by Gasteiger charge is -2.09. The number of nitrogens with two attached hydrogens (primary N) is 1. The van der Waals surface area contributed by atoms with E-state index in [1.54, 1.807) is 6.20 Å². The van der Waals surface area contributed by atoms with E-state index in [1.807, 2.05) is 25.3 Å². The minimum absolute atomic E-state index is 0. The van der Waals surface area contributed by atoms with Crippen LogP contribution in [0.5, 0.6) is 0 Å². The van der Waals surface area contributed by atoms with Crippen LogP contribution in [0.4, 0.5) is 0 Å². The average Bonchev–Trinajstić information content (AvgIpc) is 2.79. The zero-order chi connectivity index (χ0) is 13.0. The predicted octanol–water partition coefficient (Wildman–Crippen LogP) is 1.24. The number of halogens is 1. The monoisotopic (exact) mass is 282 g/mol. The lowest BCUT2D eigenvalue weighted by molar-refractivity contribution is -0.120. The standard InChI is InChI=1S/C13H18N4O.ClH/c1-9(6-14)7-16-12(18)5-10-8-17-13-11(10)3-2-4-15-13;/h2-4,8-9H,5-7,14H2,1H3,(H,15,17)(H,16,18);1H. The molecule has 0 aromatic carbocycles. The van der Waals surface area contributed by atoms with Gasteiger partial charge in [0, 0.05) is 24.3 Å². The van der Waals surface area contributed by atoms with Crippen molar-refractivity contribution in [2.75, 3.05) is 13.1 Å². The third-order valence-electron chi connectivity index (χ3n) is 2.94. The first-order valence-corrected chi connectivity index (χ1v) is 6.08. The average molecular weight is 283 g/mol. The van der Waals surface area contributed by atoms with Crippen LogP contribution in [0.2, 0.25) is 0 Å². The highest BCUT2D eigenvalue weighted by Crippen LogP contribution is 2.15. The van der Waals surface area contributed by atoms with Crippen molar-refractivity contribution >= 4 is 29.3 Å². The van der Waals surface area contributed by atoms with Crippen molar-refractivity contribution in [3.05, 3.63) is 30.1 Å². The third-order valence-corrected chi connectivity index (χ3v) is 2.94. The fraction of sp³-hybridized carbons (Fsp3) is 0.385. The van der Waals surface area contributed by atoms with E-state index in [9.17, 15) is 4.79 Å². The summed E-state index contributed by atoms with van der Waals surface area (Å²) in [6.07, 6.45) is 3.93. The number of hydrogen-bond acceptors (Lipinski definition) is 3. The number of nitrogens with one attached hydrogen (secondary N) is 2. The molecule has 2 heterocycles. The van der Waals surface area contributed by atoms with Crippen molar-refractivity contribution in [3.8, 4) is 0 Å². The maximum absolute atomic E-state index is 11.8. The number of carbonyl (C=O) groups is 1. The number of hydrogen-bond donors (Lipinski definition) is 3. The number of aromatic amines is 1. The fourth-order valence-corrected chi connectivity index (χ4v) is 1.77. The molecule has 1 unspecified atom stereocenters. The van der Waals surface area contributed by atoms with Crippen molar-refractivity contribution < 1.29 is 4.79 Å². The largest absolute Gasteiger partial charge is 0.355 e. The molecule has 0 spiro atoms. The molecule has 0 aliphatic heterocycles. The molecule has 2 aromatic rings. The van der Waals surface area contributed by atoms with E-state index in [0.29, 0.717) is 25.4 Å². The predicted molar refractivity (Wildman–Crippen MR) is 78.3 cm³/mol. The second-order valence-electron chi connectivity index (χ2n) is 4.54. The number of rotatable bonds is 5. The summed E-state index contributed by atoms with van der Waals surface area (Å²) in [7, 11) is 0. The Morgan fingerprint density at radius 2 is 2.37 bits per heavy atom. The highest BCUT2D eigenvalue weighted by Gasteiger charge is 2.09. The number of nitrogens with zero attached hydrogens (tertiary/aromatic N) is 1. The third kappa shape index (κ3) is 3.94. The molecule has 104 valence electrons. The van der Waals surface area contributed by atoms with Gasteiger partial charge >= 0.3 is 0 Å². The summed E-state index contributed by atoms with van der Waals surface area (Å²) in [5.41, 5.74) is 7.29. The highest BCUT2D eigenvalue weighted by atomic mass is 35.5. The SMILES string of the molecule is CC(CN)CNC(=O)Cc1c[nH]c2ncccc12.Cl. The van der Waals surface area contributed by atoms with Crippen LogP contribution in [0.1, 0.15) is 12.5 Å². The molecule has 2 aromatic heterocycles. The summed E-state index contributed by atoms with van der Waals surface area (Å²) in [5.74, 6) is 0.318. The molecule has 0 saturated carbocycles. The van der Waals surface area contributed by atoms with Crippen LogP contribution >= 0.6 is 12.4 Å². The molecule has 1 amide bonds. The Morgan fingerprint density at radius 3 is 3.11 bits per heavy atom. The van der Waals surface area contributed by atoms with Gasteiger partial charge < -0.3 is 16.0 Å². The van der Waals surface area contributed by atoms with Gasteiger partial charge in [-0.15, -0.1) is 12.4 Å². The van der Waals surface area contributed by atoms with Gasteiger partial charge in [-0.05, 0) is 30.2 Å². The fourth-order valence-electron chi connectivity index (χ4n) is 1.77. The Morgan fingerprint density at radius 1 is 1.58 bits per heavy atom. The molecular formula is C13H19ClN4O. The van der Waals surface area contributed by atoms with Crippen LogP contribution in [-0.4, -0.2) is 29.0 Å². The first-order chi connectivity index (χ1) is 8.70. The quantitative estimate of drug-likeness (QED) is 0.771. The second kappa shape index (κ2) is 7.11. The number of H-pyrrole nitrogens is 1. The van der Waals surface area contributed by atoms with E-state index in [-0.39, 0.29) is 18.3 Å². The zero-order valence-corrected chi connectivity index (χ0v) is 11.7. The van der Waals surface area contributed by atoms with Gasteiger partial charge in [-0.3, -0.25) is 4.79 Å². The van der Waals surface area contributed by atoms with Gasteiger partial charge in [0.2, 0.25) is 5.91 Å². The van der Waals surface area contributed by atoms with Gasteiger partial charge in [0.1, 0.15) is 5.65 Å². The normalized spacial score (nSPS) is 11.9. The molecule has 0 aliphatic carbocycles. The molecule has 2 rings (SSSR count). The van der Waals surface area contributed by atoms with Crippen molar-refractivity contribution in [1.82, 2.24) is 15.3 Å². The lowest BCUT2D eigenvalue weighted by atomic mass is 10.1. The van der Waals surface area contributed by atoms with Gasteiger partial charge in [-0.25, -0.2) is 4.98 Å². The van der Waals surface area contributed by atoms with Gasteiger partial charge in [0.25, 0.3) is 0 Å². The van der Waals surface area contributed by atoms with Gasteiger partial charge in [-0.2, -0.15) is 0 Å². The first-order valence-electron chi connectivity index (χ1n) is 6.08. The second-order valence-corrected chi connectivity index (χ2v) is 4.54. The molecule has 0 saturated heterocycles. The van der Waals surface area contributed by atoms with Gasteiger partial charge in [0.05, 0.1) is 6.42 Å². The van der Waals surface area contributed by atoms with Crippen LogP contribution < -0.4 is 11.1 Å². The van der Waals surface area contributed by atoms with Crippen molar-refractivity contribution in [1.29, 1.82) is 0 Å². The Bertz CT molecular complexity index is 540. The highest BCUT2D eigenvalue weighted by molar-refractivity contribution is 5.87. The Balaban J connectivity index is 0.00000180. The van der Waals surface area contributed by atoms with E-state index in [4.69, 9.17) is 5.73 Å². The van der Waals surface area contributed by atoms with E-state index in [2.05, 4.69) is 15.3 Å². The molecule has 1 atom stereocenters. The molecule has 6 heteroatoms. The number of fused-ring (bicyclic) bond motifs is 1. The van der Waals surface area contributed by atoms with Crippen LogP contribution in [0.15, 0.2) is 24.5 Å².